The number of rotatable bonds is 7. The van der Waals surface area contributed by atoms with Crippen molar-refractivity contribution in [1.29, 1.82) is 0 Å². The first-order valence-corrected chi connectivity index (χ1v) is 8.40. The van der Waals surface area contributed by atoms with Crippen LogP contribution in [0.3, 0.4) is 0 Å². The first kappa shape index (κ1) is 21.0. The Balaban J connectivity index is 0.00000288. The lowest BCUT2D eigenvalue weighted by Gasteiger charge is -2.43. The molecule has 1 aliphatic heterocycles. The number of methoxy groups -OCH3 is 1. The van der Waals surface area contributed by atoms with Crippen molar-refractivity contribution in [3.8, 4) is 11.5 Å². The zero-order valence-electron chi connectivity index (χ0n) is 15.2. The molecule has 0 aromatic heterocycles. The van der Waals surface area contributed by atoms with Crippen LogP contribution in [0.4, 0.5) is 0 Å². The minimum atomic E-state index is -0.241. The van der Waals surface area contributed by atoms with Crippen molar-refractivity contribution in [2.24, 2.45) is 5.41 Å². The molecule has 1 heterocycles. The minimum absolute atomic E-state index is 0. The summed E-state index contributed by atoms with van der Waals surface area (Å²) in [6, 6.07) is 6.25. The number of aliphatic hydroxyl groups excluding tert-OH is 1. The van der Waals surface area contributed by atoms with E-state index in [1.54, 1.807) is 7.11 Å². The van der Waals surface area contributed by atoms with Crippen LogP contribution in [0.15, 0.2) is 18.2 Å². The van der Waals surface area contributed by atoms with Gasteiger partial charge in [0.15, 0.2) is 11.5 Å². The first-order valence-electron chi connectivity index (χ1n) is 8.40. The molecule has 1 aliphatic rings. The van der Waals surface area contributed by atoms with Crippen molar-refractivity contribution in [3.63, 3.8) is 0 Å². The number of piperazine rings is 1. The number of benzene rings is 1. The Bertz CT molecular complexity index is 505. The Kier molecular flexibility index (Phi) is 8.30. The van der Waals surface area contributed by atoms with Crippen LogP contribution in [0.5, 0.6) is 11.5 Å². The van der Waals surface area contributed by atoms with Gasteiger partial charge in [-0.05, 0) is 24.6 Å². The predicted octanol–water partition coefficient (Wildman–Crippen LogP) is 2.48. The maximum Gasteiger partial charge on any atom is 0.161 e. The molecule has 1 fully saturated rings. The third-order valence-electron chi connectivity index (χ3n) is 4.47. The number of halogens is 1. The summed E-state index contributed by atoms with van der Waals surface area (Å²) in [6.45, 7) is 10.8. The maximum absolute atomic E-state index is 9.93. The van der Waals surface area contributed by atoms with Crippen molar-refractivity contribution in [1.82, 2.24) is 10.2 Å². The molecule has 0 amide bonds. The zero-order chi connectivity index (χ0) is 16.9. The van der Waals surface area contributed by atoms with Crippen LogP contribution in [0.2, 0.25) is 0 Å². The van der Waals surface area contributed by atoms with Gasteiger partial charge in [0.05, 0.1) is 13.7 Å². The van der Waals surface area contributed by atoms with Crippen LogP contribution in [-0.2, 0) is 0 Å². The molecular formula is C18H31ClN2O3. The Labute approximate surface area is 151 Å². The van der Waals surface area contributed by atoms with Crippen LogP contribution in [0, 0.1) is 5.41 Å². The highest BCUT2D eigenvalue weighted by atomic mass is 35.5. The lowest BCUT2D eigenvalue weighted by Crippen LogP contribution is -2.49. The fourth-order valence-electron chi connectivity index (χ4n) is 3.31. The van der Waals surface area contributed by atoms with Crippen LogP contribution in [-0.4, -0.2) is 56.5 Å². The SMILES string of the molecule is CCOc1cc([C@H](N2CCNCC2)C(C)(C)CO)ccc1OC.Cl. The summed E-state index contributed by atoms with van der Waals surface area (Å²) in [5.74, 6) is 1.51. The third-order valence-corrected chi connectivity index (χ3v) is 4.47. The molecule has 6 heteroatoms. The van der Waals surface area contributed by atoms with Gasteiger partial charge in [-0.3, -0.25) is 4.90 Å². The van der Waals surface area contributed by atoms with Crippen LogP contribution >= 0.6 is 12.4 Å². The molecular weight excluding hydrogens is 328 g/mol. The largest absolute Gasteiger partial charge is 0.493 e. The highest BCUT2D eigenvalue weighted by Crippen LogP contribution is 2.41. The summed E-state index contributed by atoms with van der Waals surface area (Å²) in [6.07, 6.45) is 0. The van der Waals surface area contributed by atoms with Crippen molar-refractivity contribution in [3.05, 3.63) is 23.8 Å². The van der Waals surface area contributed by atoms with E-state index < -0.39 is 0 Å². The molecule has 2 rings (SSSR count). The summed E-state index contributed by atoms with van der Waals surface area (Å²) in [5.41, 5.74) is 0.922. The second-order valence-electron chi connectivity index (χ2n) is 6.68. The van der Waals surface area contributed by atoms with Crippen molar-refractivity contribution in [2.75, 3.05) is 46.5 Å². The standard InChI is InChI=1S/C18H30N2O3.ClH/c1-5-23-16-12-14(6-7-15(16)22-4)17(18(2,3)13-21)20-10-8-19-9-11-20;/h6-7,12,17,19,21H,5,8-11,13H2,1-4H3;1H/t17-;/m0./s1. The predicted molar refractivity (Wildman–Crippen MR) is 99.5 cm³/mol. The average Bonchev–Trinajstić information content (AvgIpc) is 2.56. The van der Waals surface area contributed by atoms with Gasteiger partial charge in [0.25, 0.3) is 0 Å². The molecule has 1 atom stereocenters. The third kappa shape index (κ3) is 4.76. The van der Waals surface area contributed by atoms with Gasteiger partial charge in [0.1, 0.15) is 0 Å². The molecule has 0 saturated carbocycles. The van der Waals surface area contributed by atoms with E-state index in [1.165, 1.54) is 0 Å². The fourth-order valence-corrected chi connectivity index (χ4v) is 3.31. The van der Waals surface area contributed by atoms with Gasteiger partial charge in [0.2, 0.25) is 0 Å². The monoisotopic (exact) mass is 358 g/mol. The Morgan fingerprint density at radius 3 is 2.46 bits per heavy atom. The minimum Gasteiger partial charge on any atom is -0.493 e. The molecule has 0 aliphatic carbocycles. The summed E-state index contributed by atoms with van der Waals surface area (Å²) in [5, 5.41) is 13.3. The number of hydrogen-bond donors (Lipinski definition) is 2. The molecule has 24 heavy (non-hydrogen) atoms. The average molecular weight is 359 g/mol. The number of nitrogens with one attached hydrogen (secondary N) is 1. The van der Waals surface area contributed by atoms with Gasteiger partial charge in [-0.15, -0.1) is 12.4 Å². The number of aliphatic hydroxyl groups is 1. The smallest absolute Gasteiger partial charge is 0.161 e. The van der Waals surface area contributed by atoms with E-state index in [2.05, 4.69) is 36.2 Å². The molecule has 1 saturated heterocycles. The van der Waals surface area contributed by atoms with Gasteiger partial charge in [-0.25, -0.2) is 0 Å². The van der Waals surface area contributed by atoms with Crippen LogP contribution < -0.4 is 14.8 Å². The first-order chi connectivity index (χ1) is 11.0. The van der Waals surface area contributed by atoms with E-state index in [9.17, 15) is 5.11 Å². The van der Waals surface area contributed by atoms with Crippen LogP contribution in [0.25, 0.3) is 0 Å². The van der Waals surface area contributed by atoms with Crippen molar-refractivity contribution >= 4 is 12.4 Å². The van der Waals surface area contributed by atoms with Crippen LogP contribution in [0.1, 0.15) is 32.4 Å². The number of ether oxygens (including phenoxy) is 2. The van der Waals surface area contributed by atoms with Crippen molar-refractivity contribution in [2.45, 2.75) is 26.8 Å². The molecule has 1 aromatic rings. The molecule has 2 N–H and O–H groups in total. The van der Waals surface area contributed by atoms with Gasteiger partial charge in [-0.1, -0.05) is 19.9 Å². The second kappa shape index (κ2) is 9.47. The molecule has 1 aromatic carbocycles. The van der Waals surface area contributed by atoms with Gasteiger partial charge in [-0.2, -0.15) is 0 Å². The molecule has 138 valence electrons. The summed E-state index contributed by atoms with van der Waals surface area (Å²) >= 11 is 0. The molecule has 5 nitrogen and oxygen atoms in total. The normalized spacial score (nSPS) is 17.0. The fraction of sp³-hybridized carbons (Fsp3) is 0.667. The van der Waals surface area contributed by atoms with E-state index in [-0.39, 0.29) is 30.5 Å². The van der Waals surface area contributed by atoms with E-state index in [0.29, 0.717) is 6.61 Å². The molecule has 0 spiro atoms. The van der Waals surface area contributed by atoms with E-state index in [0.717, 1.165) is 43.2 Å². The summed E-state index contributed by atoms with van der Waals surface area (Å²) in [7, 11) is 1.66. The van der Waals surface area contributed by atoms with Crippen molar-refractivity contribution < 1.29 is 14.6 Å². The second-order valence-corrected chi connectivity index (χ2v) is 6.68. The van der Waals surface area contributed by atoms with E-state index in [1.807, 2.05) is 13.0 Å². The highest BCUT2D eigenvalue weighted by Gasteiger charge is 2.36. The van der Waals surface area contributed by atoms with Gasteiger partial charge in [0, 0.05) is 44.2 Å². The topological polar surface area (TPSA) is 54.0 Å². The highest BCUT2D eigenvalue weighted by molar-refractivity contribution is 5.85. The quantitative estimate of drug-likeness (QED) is 0.784. The molecule has 0 bridgehead atoms. The Morgan fingerprint density at radius 2 is 1.92 bits per heavy atom. The molecule has 0 radical (unpaired) electrons. The number of hydrogen-bond acceptors (Lipinski definition) is 5. The van der Waals surface area contributed by atoms with E-state index in [4.69, 9.17) is 9.47 Å². The lowest BCUT2D eigenvalue weighted by molar-refractivity contribution is 0.0304. The summed E-state index contributed by atoms with van der Waals surface area (Å²) < 4.78 is 11.1. The Morgan fingerprint density at radius 1 is 1.25 bits per heavy atom. The van der Waals surface area contributed by atoms with Gasteiger partial charge >= 0.3 is 0 Å². The summed E-state index contributed by atoms with van der Waals surface area (Å²) in [4.78, 5) is 2.45. The Hall–Kier alpha value is -1.01. The zero-order valence-corrected chi connectivity index (χ0v) is 16.0. The lowest BCUT2D eigenvalue weighted by atomic mass is 9.79. The maximum atomic E-state index is 9.93. The van der Waals surface area contributed by atoms with E-state index >= 15 is 0 Å². The van der Waals surface area contributed by atoms with Gasteiger partial charge < -0.3 is 19.9 Å². The molecule has 0 unspecified atom stereocenters. The number of nitrogens with zero attached hydrogens (tertiary/aromatic N) is 1.